The van der Waals surface area contributed by atoms with Crippen molar-refractivity contribution in [2.24, 2.45) is 13.0 Å². The zero-order chi connectivity index (χ0) is 24.2. The number of carbonyl (C=O) groups excluding carboxylic acids is 2. The largest absolute Gasteiger partial charge is 0.435 e. The number of likely N-dealkylation sites (tertiary alicyclic amines) is 1. The molecule has 0 unspecified atom stereocenters. The lowest BCUT2D eigenvalue weighted by Gasteiger charge is -2.40. The smallest absolute Gasteiger partial charge is 0.348 e. The van der Waals surface area contributed by atoms with E-state index in [0.717, 1.165) is 10.7 Å². The standard InChI is InChI=1S/C20H25F3N8O2/c1-9(2)15-17(32)26-14-10(3)24-19(27-16(14)29(15)4)25-11-7-31(8-11)18(33)12-6-13(20(21,22)23)28-30(12)5/h6,9,11,15H,7-8H2,1-5H3,(H,26,32)(H,24,25,27)/t15-/m0/s1. The summed E-state index contributed by atoms with van der Waals surface area (Å²) in [4.78, 5) is 37.3. The van der Waals surface area contributed by atoms with Gasteiger partial charge in [0.1, 0.15) is 17.4 Å². The van der Waals surface area contributed by atoms with Gasteiger partial charge in [-0.3, -0.25) is 14.3 Å². The minimum Gasteiger partial charge on any atom is -0.348 e. The molecule has 2 N–H and O–H groups in total. The lowest BCUT2D eigenvalue weighted by atomic mass is 9.99. The number of carbonyl (C=O) groups is 2. The molecule has 0 bridgehead atoms. The molecular formula is C20H25F3N8O2. The van der Waals surface area contributed by atoms with E-state index in [2.05, 4.69) is 25.7 Å². The Kier molecular flexibility index (Phi) is 5.45. The molecule has 4 rings (SSSR count). The Balaban J connectivity index is 1.44. The quantitative estimate of drug-likeness (QED) is 0.708. The van der Waals surface area contributed by atoms with Gasteiger partial charge in [-0.2, -0.15) is 23.3 Å². The van der Waals surface area contributed by atoms with Gasteiger partial charge in [-0.1, -0.05) is 13.8 Å². The van der Waals surface area contributed by atoms with Gasteiger partial charge in [0.15, 0.2) is 11.5 Å². The van der Waals surface area contributed by atoms with Gasteiger partial charge in [-0.05, 0) is 12.8 Å². The highest BCUT2D eigenvalue weighted by atomic mass is 19.4. The summed E-state index contributed by atoms with van der Waals surface area (Å²) in [5.41, 5.74) is -0.0603. The number of hydrogen-bond acceptors (Lipinski definition) is 7. The molecule has 10 nitrogen and oxygen atoms in total. The molecule has 2 aliphatic rings. The molecular weight excluding hydrogens is 441 g/mol. The molecule has 0 radical (unpaired) electrons. The lowest BCUT2D eigenvalue weighted by Crippen LogP contribution is -2.57. The molecule has 0 saturated carbocycles. The van der Waals surface area contributed by atoms with Gasteiger partial charge in [-0.25, -0.2) is 4.98 Å². The Morgan fingerprint density at radius 3 is 2.48 bits per heavy atom. The van der Waals surface area contributed by atoms with Crippen LogP contribution in [0.5, 0.6) is 0 Å². The Bertz CT molecular complexity index is 1110. The van der Waals surface area contributed by atoms with Crippen LogP contribution in [0.1, 0.15) is 35.7 Å². The third-order valence-electron chi connectivity index (χ3n) is 5.86. The van der Waals surface area contributed by atoms with E-state index >= 15 is 0 Å². The Morgan fingerprint density at radius 2 is 1.91 bits per heavy atom. The van der Waals surface area contributed by atoms with Crippen LogP contribution in [0.3, 0.4) is 0 Å². The number of nitrogens with zero attached hydrogens (tertiary/aromatic N) is 6. The second-order valence-corrected chi connectivity index (χ2v) is 8.71. The van der Waals surface area contributed by atoms with E-state index in [1.54, 1.807) is 6.92 Å². The zero-order valence-corrected chi connectivity index (χ0v) is 18.9. The number of anilines is 3. The summed E-state index contributed by atoms with van der Waals surface area (Å²) in [7, 11) is 3.12. The number of aromatic nitrogens is 4. The SMILES string of the molecule is Cc1nc(NC2CN(C(=O)c3cc(C(F)(F)F)nn3C)C2)nc2c1NC(=O)[C@H](C(C)C)N2C. The summed E-state index contributed by atoms with van der Waals surface area (Å²) in [5.74, 6) is 0.400. The van der Waals surface area contributed by atoms with Gasteiger partial charge in [-0.15, -0.1) is 0 Å². The second-order valence-electron chi connectivity index (χ2n) is 8.71. The van der Waals surface area contributed by atoms with Gasteiger partial charge >= 0.3 is 6.18 Å². The van der Waals surface area contributed by atoms with Crippen LogP contribution in [0.2, 0.25) is 0 Å². The van der Waals surface area contributed by atoms with Crippen molar-refractivity contribution in [3.63, 3.8) is 0 Å². The van der Waals surface area contributed by atoms with E-state index in [1.807, 2.05) is 25.8 Å². The van der Waals surface area contributed by atoms with Crippen molar-refractivity contribution in [2.45, 2.75) is 39.0 Å². The van der Waals surface area contributed by atoms with Crippen molar-refractivity contribution in [1.82, 2.24) is 24.6 Å². The maximum atomic E-state index is 12.9. The number of aryl methyl sites for hydroxylation is 2. The van der Waals surface area contributed by atoms with Crippen LogP contribution in [0.15, 0.2) is 6.07 Å². The first-order valence-electron chi connectivity index (χ1n) is 10.5. The predicted octanol–water partition coefficient (Wildman–Crippen LogP) is 1.89. The fourth-order valence-corrected chi connectivity index (χ4v) is 4.16. The van der Waals surface area contributed by atoms with Crippen molar-refractivity contribution < 1.29 is 22.8 Å². The van der Waals surface area contributed by atoms with Crippen LogP contribution in [0.4, 0.5) is 30.6 Å². The van der Waals surface area contributed by atoms with E-state index in [1.165, 1.54) is 11.9 Å². The van der Waals surface area contributed by atoms with Gasteiger partial charge in [0, 0.05) is 33.3 Å². The Hall–Kier alpha value is -3.38. The Labute approximate surface area is 188 Å². The minimum atomic E-state index is -4.61. The fourth-order valence-electron chi connectivity index (χ4n) is 4.16. The molecule has 178 valence electrons. The van der Waals surface area contributed by atoms with Crippen molar-refractivity contribution in [2.75, 3.05) is 35.7 Å². The first kappa shape index (κ1) is 22.8. The molecule has 2 amide bonds. The van der Waals surface area contributed by atoms with E-state index in [0.29, 0.717) is 23.1 Å². The molecule has 2 aromatic rings. The normalized spacial score (nSPS) is 18.8. The monoisotopic (exact) mass is 466 g/mol. The molecule has 1 atom stereocenters. The predicted molar refractivity (Wildman–Crippen MR) is 114 cm³/mol. The number of fused-ring (bicyclic) bond motifs is 1. The molecule has 1 saturated heterocycles. The first-order chi connectivity index (χ1) is 15.4. The molecule has 4 heterocycles. The highest BCUT2D eigenvalue weighted by Crippen LogP contribution is 2.34. The maximum absolute atomic E-state index is 12.9. The highest BCUT2D eigenvalue weighted by molar-refractivity contribution is 6.03. The van der Waals surface area contributed by atoms with Gasteiger partial charge in [0.2, 0.25) is 11.9 Å². The highest BCUT2D eigenvalue weighted by Gasteiger charge is 2.39. The average molecular weight is 466 g/mol. The number of alkyl halides is 3. The first-order valence-corrected chi connectivity index (χ1v) is 10.5. The van der Waals surface area contributed by atoms with Crippen LogP contribution in [-0.4, -0.2) is 68.7 Å². The summed E-state index contributed by atoms with van der Waals surface area (Å²) < 4.78 is 39.5. The molecule has 0 aliphatic carbocycles. The number of rotatable bonds is 4. The van der Waals surface area contributed by atoms with Gasteiger partial charge < -0.3 is 20.4 Å². The van der Waals surface area contributed by atoms with E-state index in [9.17, 15) is 22.8 Å². The zero-order valence-electron chi connectivity index (χ0n) is 18.9. The summed E-state index contributed by atoms with van der Waals surface area (Å²) in [6, 6.07) is 0.233. The second kappa shape index (κ2) is 7.89. The Morgan fingerprint density at radius 1 is 1.24 bits per heavy atom. The fraction of sp³-hybridized carbons (Fsp3) is 0.550. The minimum absolute atomic E-state index is 0.0749. The summed E-state index contributed by atoms with van der Waals surface area (Å²) >= 11 is 0. The van der Waals surface area contributed by atoms with Crippen molar-refractivity contribution >= 4 is 29.3 Å². The maximum Gasteiger partial charge on any atom is 0.435 e. The third-order valence-corrected chi connectivity index (χ3v) is 5.86. The van der Waals surface area contributed by atoms with E-state index < -0.39 is 17.8 Å². The summed E-state index contributed by atoms with van der Waals surface area (Å²) in [5, 5.41) is 9.44. The molecule has 0 aromatic carbocycles. The van der Waals surface area contributed by atoms with E-state index in [4.69, 9.17) is 0 Å². The van der Waals surface area contributed by atoms with Crippen LogP contribution in [-0.2, 0) is 18.0 Å². The van der Waals surface area contributed by atoms with E-state index in [-0.39, 0.29) is 42.7 Å². The number of hydrogen-bond donors (Lipinski definition) is 2. The molecule has 0 spiro atoms. The van der Waals surface area contributed by atoms with Crippen molar-refractivity contribution in [3.8, 4) is 0 Å². The number of likely N-dealkylation sites (N-methyl/N-ethyl adjacent to an activating group) is 1. The van der Waals surface area contributed by atoms with Crippen molar-refractivity contribution in [3.05, 3.63) is 23.1 Å². The molecule has 2 aliphatic heterocycles. The third kappa shape index (κ3) is 4.07. The van der Waals surface area contributed by atoms with Crippen molar-refractivity contribution in [1.29, 1.82) is 0 Å². The number of amides is 2. The van der Waals surface area contributed by atoms with Crippen LogP contribution < -0.4 is 15.5 Å². The van der Waals surface area contributed by atoms with Crippen LogP contribution in [0.25, 0.3) is 0 Å². The number of nitrogens with one attached hydrogen (secondary N) is 2. The topological polar surface area (TPSA) is 108 Å². The van der Waals surface area contributed by atoms with Crippen LogP contribution in [0, 0.1) is 12.8 Å². The number of halogens is 3. The average Bonchev–Trinajstić information content (AvgIpc) is 3.07. The van der Waals surface area contributed by atoms with Gasteiger partial charge in [0.25, 0.3) is 5.91 Å². The summed E-state index contributed by atoms with van der Waals surface area (Å²) in [6.07, 6.45) is -4.61. The molecule has 33 heavy (non-hydrogen) atoms. The molecule has 1 fully saturated rings. The molecule has 13 heteroatoms. The van der Waals surface area contributed by atoms with Crippen LogP contribution >= 0.6 is 0 Å². The van der Waals surface area contributed by atoms with Gasteiger partial charge in [0.05, 0.1) is 11.7 Å². The summed E-state index contributed by atoms with van der Waals surface area (Å²) in [6.45, 7) is 6.25. The lowest BCUT2D eigenvalue weighted by molar-refractivity contribution is -0.141. The molecule has 2 aromatic heterocycles.